The molecule has 0 amide bonds. The molecule has 110 valence electrons. The van der Waals surface area contributed by atoms with E-state index in [0.29, 0.717) is 21.0 Å². The van der Waals surface area contributed by atoms with Crippen LogP contribution in [0.25, 0.3) is 6.08 Å². The van der Waals surface area contributed by atoms with E-state index >= 15 is 0 Å². The van der Waals surface area contributed by atoms with Crippen LogP contribution in [0.4, 0.5) is 5.82 Å². The van der Waals surface area contributed by atoms with Crippen molar-refractivity contribution in [3.8, 4) is 0 Å². The zero-order valence-corrected chi connectivity index (χ0v) is 14.2. The summed E-state index contributed by atoms with van der Waals surface area (Å²) in [6.07, 6.45) is 1.46. The van der Waals surface area contributed by atoms with Gasteiger partial charge in [-0.05, 0) is 45.8 Å². The number of rotatable bonds is 4. The number of sulfonamides is 1. The third-order valence-electron chi connectivity index (χ3n) is 2.73. The van der Waals surface area contributed by atoms with E-state index in [0.717, 1.165) is 9.71 Å². The maximum atomic E-state index is 12.3. The molecule has 21 heavy (non-hydrogen) atoms. The Morgan fingerprint density at radius 2 is 1.90 bits per heavy atom. The smallest absolute Gasteiger partial charge is 0.253 e. The summed E-state index contributed by atoms with van der Waals surface area (Å²) in [7, 11) is -2.19. The highest BCUT2D eigenvalue weighted by atomic mass is 79.9. The van der Waals surface area contributed by atoms with Crippen LogP contribution in [0, 0.1) is 0 Å². The van der Waals surface area contributed by atoms with E-state index in [1.54, 1.807) is 42.5 Å². The van der Waals surface area contributed by atoms with Crippen molar-refractivity contribution in [1.29, 1.82) is 0 Å². The second-order valence-electron chi connectivity index (χ2n) is 4.16. The molecule has 0 unspecified atom stereocenters. The molecule has 1 heterocycles. The van der Waals surface area contributed by atoms with Gasteiger partial charge in [-0.3, -0.25) is 4.31 Å². The molecule has 0 saturated carbocycles. The van der Waals surface area contributed by atoms with Crippen LogP contribution >= 0.6 is 27.5 Å². The Hall–Kier alpha value is -1.37. The average molecular weight is 388 g/mol. The number of nitrogens with zero attached hydrogens (tertiary/aromatic N) is 2. The average Bonchev–Trinajstić information content (AvgIpc) is 2.45. The molecule has 1 aromatic heterocycles. The van der Waals surface area contributed by atoms with Gasteiger partial charge in [0, 0.05) is 12.1 Å². The van der Waals surface area contributed by atoms with Gasteiger partial charge in [0.2, 0.25) is 0 Å². The molecule has 4 nitrogen and oxygen atoms in total. The Morgan fingerprint density at radius 1 is 1.19 bits per heavy atom. The first-order valence-electron chi connectivity index (χ1n) is 5.94. The summed E-state index contributed by atoms with van der Waals surface area (Å²) >= 11 is 9.21. The van der Waals surface area contributed by atoms with Crippen LogP contribution in [0.3, 0.4) is 0 Å². The standard InChI is InChI=1S/C14H12BrClN2O2S/c1-18(14-8-4-7-13(15)17-14)21(19,20)10-9-11-5-2-3-6-12(11)16/h2-10H,1H3. The fourth-order valence-corrected chi connectivity index (χ4v) is 2.96. The summed E-state index contributed by atoms with van der Waals surface area (Å²) in [5.41, 5.74) is 0.637. The molecule has 7 heteroatoms. The van der Waals surface area contributed by atoms with E-state index in [-0.39, 0.29) is 0 Å². The van der Waals surface area contributed by atoms with Crippen molar-refractivity contribution in [2.75, 3.05) is 11.4 Å². The molecule has 0 aliphatic rings. The van der Waals surface area contributed by atoms with Crippen molar-refractivity contribution >= 4 is 49.4 Å². The van der Waals surface area contributed by atoms with E-state index in [2.05, 4.69) is 20.9 Å². The Kier molecular flexibility index (Phi) is 5.03. The van der Waals surface area contributed by atoms with Crippen LogP contribution in [-0.2, 0) is 10.0 Å². The van der Waals surface area contributed by atoms with Gasteiger partial charge in [0.25, 0.3) is 10.0 Å². The Balaban J connectivity index is 2.28. The fourth-order valence-electron chi connectivity index (χ4n) is 1.56. The summed E-state index contributed by atoms with van der Waals surface area (Å²) < 4.78 is 26.2. The lowest BCUT2D eigenvalue weighted by Gasteiger charge is -2.15. The molecule has 2 rings (SSSR count). The van der Waals surface area contributed by atoms with Crippen molar-refractivity contribution in [2.45, 2.75) is 0 Å². The molecule has 0 saturated heterocycles. The van der Waals surface area contributed by atoms with E-state index in [1.165, 1.54) is 13.1 Å². The van der Waals surface area contributed by atoms with Gasteiger partial charge in [-0.1, -0.05) is 35.9 Å². The summed E-state index contributed by atoms with van der Waals surface area (Å²) in [5.74, 6) is 0.327. The molecule has 0 N–H and O–H groups in total. The van der Waals surface area contributed by atoms with Gasteiger partial charge in [-0.25, -0.2) is 13.4 Å². The molecule has 0 bridgehead atoms. The molecule has 2 aromatic rings. The van der Waals surface area contributed by atoms with Gasteiger partial charge in [0.1, 0.15) is 10.4 Å². The number of halogens is 2. The number of anilines is 1. The van der Waals surface area contributed by atoms with Gasteiger partial charge in [-0.15, -0.1) is 0 Å². The van der Waals surface area contributed by atoms with E-state index in [4.69, 9.17) is 11.6 Å². The normalized spacial score (nSPS) is 11.8. The van der Waals surface area contributed by atoms with Crippen molar-refractivity contribution < 1.29 is 8.42 Å². The number of benzene rings is 1. The maximum Gasteiger partial charge on any atom is 0.258 e. The summed E-state index contributed by atoms with van der Waals surface area (Å²) in [5, 5.41) is 1.60. The molecule has 1 aromatic carbocycles. The molecule has 0 aliphatic heterocycles. The minimum absolute atomic E-state index is 0.327. The van der Waals surface area contributed by atoms with Gasteiger partial charge >= 0.3 is 0 Å². The third-order valence-corrected chi connectivity index (χ3v) is 4.95. The van der Waals surface area contributed by atoms with Gasteiger partial charge < -0.3 is 0 Å². The SMILES string of the molecule is CN(c1cccc(Br)n1)S(=O)(=O)C=Cc1ccccc1Cl. The van der Waals surface area contributed by atoms with Crippen LogP contribution in [0.15, 0.2) is 52.5 Å². The molecular weight excluding hydrogens is 376 g/mol. The Bertz CT molecular complexity index is 778. The molecule has 0 fully saturated rings. The van der Waals surface area contributed by atoms with E-state index in [9.17, 15) is 8.42 Å². The van der Waals surface area contributed by atoms with Gasteiger partial charge in [-0.2, -0.15) is 0 Å². The largest absolute Gasteiger partial charge is 0.258 e. The highest BCUT2D eigenvalue weighted by Gasteiger charge is 2.16. The molecule has 0 atom stereocenters. The minimum Gasteiger partial charge on any atom is -0.253 e. The maximum absolute atomic E-state index is 12.3. The van der Waals surface area contributed by atoms with Crippen LogP contribution in [0.5, 0.6) is 0 Å². The minimum atomic E-state index is -3.63. The second kappa shape index (κ2) is 6.60. The Morgan fingerprint density at radius 3 is 2.57 bits per heavy atom. The number of hydrogen-bond donors (Lipinski definition) is 0. The predicted octanol–water partition coefficient (Wildman–Crippen LogP) is 3.93. The molecule has 0 spiro atoms. The zero-order chi connectivity index (χ0) is 15.5. The second-order valence-corrected chi connectivity index (χ2v) is 7.22. The van der Waals surface area contributed by atoms with Crippen molar-refractivity contribution in [3.05, 3.63) is 63.1 Å². The molecular formula is C14H12BrClN2O2S. The summed E-state index contributed by atoms with van der Waals surface area (Å²) in [4.78, 5) is 4.12. The third kappa shape index (κ3) is 4.06. The lowest BCUT2D eigenvalue weighted by Crippen LogP contribution is -2.25. The number of aromatic nitrogens is 1. The highest BCUT2D eigenvalue weighted by Crippen LogP contribution is 2.20. The van der Waals surface area contributed by atoms with E-state index in [1.807, 2.05) is 0 Å². The van der Waals surface area contributed by atoms with Crippen LogP contribution in [0.2, 0.25) is 5.02 Å². The summed E-state index contributed by atoms with van der Waals surface area (Å²) in [6, 6.07) is 12.1. The van der Waals surface area contributed by atoms with Crippen LogP contribution < -0.4 is 4.31 Å². The molecule has 0 aliphatic carbocycles. The number of pyridine rings is 1. The topological polar surface area (TPSA) is 50.3 Å². The monoisotopic (exact) mass is 386 g/mol. The number of hydrogen-bond acceptors (Lipinski definition) is 3. The lowest BCUT2D eigenvalue weighted by molar-refractivity contribution is 0.602. The van der Waals surface area contributed by atoms with Gasteiger partial charge in [0.15, 0.2) is 0 Å². The zero-order valence-electron chi connectivity index (χ0n) is 11.1. The quantitative estimate of drug-likeness (QED) is 0.747. The van der Waals surface area contributed by atoms with Crippen molar-refractivity contribution in [1.82, 2.24) is 4.98 Å². The Labute approximate surface area is 137 Å². The first kappa shape index (κ1) is 16.0. The van der Waals surface area contributed by atoms with Crippen LogP contribution in [0.1, 0.15) is 5.56 Å². The van der Waals surface area contributed by atoms with Crippen LogP contribution in [-0.4, -0.2) is 20.4 Å². The predicted molar refractivity (Wildman–Crippen MR) is 89.7 cm³/mol. The first-order chi connectivity index (χ1) is 9.90. The lowest BCUT2D eigenvalue weighted by atomic mass is 10.2. The fraction of sp³-hybridized carbons (Fsp3) is 0.0714. The van der Waals surface area contributed by atoms with E-state index < -0.39 is 10.0 Å². The highest BCUT2D eigenvalue weighted by molar-refractivity contribution is 9.10. The molecule has 0 radical (unpaired) electrons. The van der Waals surface area contributed by atoms with Gasteiger partial charge in [0.05, 0.1) is 5.41 Å². The summed E-state index contributed by atoms with van der Waals surface area (Å²) in [6.45, 7) is 0. The van der Waals surface area contributed by atoms with Crippen molar-refractivity contribution in [2.24, 2.45) is 0 Å². The van der Waals surface area contributed by atoms with Crippen molar-refractivity contribution in [3.63, 3.8) is 0 Å². The first-order valence-corrected chi connectivity index (χ1v) is 8.62.